The van der Waals surface area contributed by atoms with E-state index in [1.807, 2.05) is 19.2 Å². The molecule has 2 aromatic rings. The zero-order chi connectivity index (χ0) is 17.1. The van der Waals surface area contributed by atoms with Gasteiger partial charge in [0.15, 0.2) is 0 Å². The van der Waals surface area contributed by atoms with Gasteiger partial charge in [0.2, 0.25) is 5.91 Å². The van der Waals surface area contributed by atoms with Crippen LogP contribution in [0.1, 0.15) is 31.0 Å². The summed E-state index contributed by atoms with van der Waals surface area (Å²) in [5, 5.41) is 0. The monoisotopic (exact) mass is 327 g/mol. The number of nitrogens with zero attached hydrogens (tertiary/aromatic N) is 2. The summed E-state index contributed by atoms with van der Waals surface area (Å²) < 4.78 is 13.1. The van der Waals surface area contributed by atoms with E-state index in [-0.39, 0.29) is 23.7 Å². The average Bonchev–Trinajstić information content (AvgIpc) is 2.92. The molecule has 1 amide bonds. The average molecular weight is 327 g/mol. The van der Waals surface area contributed by atoms with Crippen LogP contribution in [0.25, 0.3) is 11.1 Å². The molecule has 1 aromatic carbocycles. The van der Waals surface area contributed by atoms with Gasteiger partial charge < -0.3 is 10.6 Å². The number of hydrogen-bond donors (Lipinski definition) is 1. The van der Waals surface area contributed by atoms with Crippen LogP contribution in [0.15, 0.2) is 42.6 Å². The molecule has 2 N–H and O–H groups in total. The third-order valence-corrected chi connectivity index (χ3v) is 4.70. The minimum Gasteiger partial charge on any atom is -0.345 e. The lowest BCUT2D eigenvalue weighted by Crippen LogP contribution is -2.23. The molecule has 5 heteroatoms. The summed E-state index contributed by atoms with van der Waals surface area (Å²) in [6, 6.07) is 10.00. The number of amides is 1. The molecule has 0 aliphatic carbocycles. The van der Waals surface area contributed by atoms with Crippen molar-refractivity contribution >= 4 is 5.91 Å². The number of rotatable bonds is 5. The van der Waals surface area contributed by atoms with E-state index in [1.54, 1.807) is 23.2 Å². The van der Waals surface area contributed by atoms with Crippen LogP contribution in [0.3, 0.4) is 0 Å². The van der Waals surface area contributed by atoms with Gasteiger partial charge in [0.05, 0.1) is 5.69 Å². The van der Waals surface area contributed by atoms with Crippen molar-refractivity contribution in [1.29, 1.82) is 0 Å². The summed E-state index contributed by atoms with van der Waals surface area (Å²) in [5.41, 5.74) is 8.97. The van der Waals surface area contributed by atoms with Gasteiger partial charge in [0.1, 0.15) is 5.82 Å². The number of pyridine rings is 1. The van der Waals surface area contributed by atoms with Gasteiger partial charge in [-0.25, -0.2) is 4.39 Å². The number of carbonyl (C=O) groups is 1. The fourth-order valence-electron chi connectivity index (χ4n) is 3.16. The van der Waals surface area contributed by atoms with Gasteiger partial charge in [0, 0.05) is 31.7 Å². The highest BCUT2D eigenvalue weighted by Gasteiger charge is 2.29. The fourth-order valence-corrected chi connectivity index (χ4v) is 3.16. The maximum atomic E-state index is 13.1. The molecule has 126 valence electrons. The summed E-state index contributed by atoms with van der Waals surface area (Å²) >= 11 is 0. The van der Waals surface area contributed by atoms with Crippen molar-refractivity contribution in [1.82, 2.24) is 9.88 Å². The van der Waals surface area contributed by atoms with Crippen molar-refractivity contribution in [2.45, 2.75) is 25.3 Å². The molecule has 0 radical (unpaired) electrons. The minimum atomic E-state index is -0.254. The summed E-state index contributed by atoms with van der Waals surface area (Å²) in [4.78, 5) is 18.1. The van der Waals surface area contributed by atoms with Gasteiger partial charge in [-0.1, -0.05) is 12.1 Å². The number of hydrogen-bond acceptors (Lipinski definition) is 3. The number of nitrogens with two attached hydrogens (primary N) is 1. The van der Waals surface area contributed by atoms with Gasteiger partial charge in [-0.3, -0.25) is 9.78 Å². The molecule has 0 bridgehead atoms. The lowest BCUT2D eigenvalue weighted by Gasteiger charge is -2.15. The third-order valence-electron chi connectivity index (χ3n) is 4.70. The SMILES string of the molecule is CN1CCC(CCC(N)c2cc(-c3ccc(F)cc3)ccn2)C1=O. The first-order chi connectivity index (χ1) is 11.5. The Morgan fingerprint density at radius 2 is 2.04 bits per heavy atom. The van der Waals surface area contributed by atoms with E-state index in [0.717, 1.165) is 42.6 Å². The van der Waals surface area contributed by atoms with Crippen LogP contribution in [-0.4, -0.2) is 29.4 Å². The van der Waals surface area contributed by atoms with Crippen LogP contribution in [0.5, 0.6) is 0 Å². The Labute approximate surface area is 141 Å². The summed E-state index contributed by atoms with van der Waals surface area (Å²) in [7, 11) is 1.84. The number of aromatic nitrogens is 1. The molecule has 24 heavy (non-hydrogen) atoms. The smallest absolute Gasteiger partial charge is 0.225 e. The number of benzene rings is 1. The van der Waals surface area contributed by atoms with Crippen molar-refractivity contribution < 1.29 is 9.18 Å². The molecule has 1 aliphatic rings. The molecule has 2 heterocycles. The number of likely N-dealkylation sites (tertiary alicyclic amines) is 1. The largest absolute Gasteiger partial charge is 0.345 e. The molecule has 1 aromatic heterocycles. The van der Waals surface area contributed by atoms with E-state index in [2.05, 4.69) is 4.98 Å². The quantitative estimate of drug-likeness (QED) is 0.918. The molecular weight excluding hydrogens is 305 g/mol. The second kappa shape index (κ2) is 7.09. The van der Waals surface area contributed by atoms with Gasteiger partial charge >= 0.3 is 0 Å². The predicted molar refractivity (Wildman–Crippen MR) is 91.5 cm³/mol. The molecule has 1 aliphatic heterocycles. The Kier molecular flexibility index (Phi) is 4.90. The number of carbonyl (C=O) groups excluding carboxylic acids is 1. The Balaban J connectivity index is 1.67. The van der Waals surface area contributed by atoms with E-state index in [0.29, 0.717) is 0 Å². The highest BCUT2D eigenvalue weighted by atomic mass is 19.1. The van der Waals surface area contributed by atoms with Crippen molar-refractivity contribution in [2.75, 3.05) is 13.6 Å². The first-order valence-corrected chi connectivity index (χ1v) is 8.27. The van der Waals surface area contributed by atoms with Crippen LogP contribution in [0.2, 0.25) is 0 Å². The van der Waals surface area contributed by atoms with Crippen LogP contribution in [0, 0.1) is 11.7 Å². The van der Waals surface area contributed by atoms with E-state index in [4.69, 9.17) is 5.73 Å². The standard InChI is InChI=1S/C19H22FN3O/c1-23-11-9-14(19(23)24)4-7-17(21)18-12-15(8-10-22-18)13-2-5-16(20)6-3-13/h2-3,5-6,8,10,12,14,17H,4,7,9,11,21H2,1H3. The maximum Gasteiger partial charge on any atom is 0.225 e. The number of halogens is 1. The molecule has 3 rings (SSSR count). The zero-order valence-corrected chi connectivity index (χ0v) is 13.8. The lowest BCUT2D eigenvalue weighted by atomic mass is 9.96. The third kappa shape index (κ3) is 3.62. The molecule has 1 fully saturated rings. The van der Waals surface area contributed by atoms with Crippen molar-refractivity contribution in [3.8, 4) is 11.1 Å². The zero-order valence-electron chi connectivity index (χ0n) is 13.8. The summed E-state index contributed by atoms with van der Waals surface area (Å²) in [5.74, 6) is 0.0486. The second-order valence-electron chi connectivity index (χ2n) is 6.41. The molecule has 4 nitrogen and oxygen atoms in total. The second-order valence-corrected chi connectivity index (χ2v) is 6.41. The van der Waals surface area contributed by atoms with E-state index >= 15 is 0 Å². The highest BCUT2D eigenvalue weighted by molar-refractivity contribution is 5.80. The summed E-state index contributed by atoms with van der Waals surface area (Å²) in [6.45, 7) is 0.830. The molecular formula is C19H22FN3O. The first kappa shape index (κ1) is 16.6. The topological polar surface area (TPSA) is 59.2 Å². The van der Waals surface area contributed by atoms with E-state index in [9.17, 15) is 9.18 Å². The van der Waals surface area contributed by atoms with Crippen molar-refractivity contribution in [2.24, 2.45) is 11.7 Å². The normalized spacial score (nSPS) is 18.9. The summed E-state index contributed by atoms with van der Waals surface area (Å²) in [6.07, 6.45) is 4.14. The Morgan fingerprint density at radius 1 is 1.29 bits per heavy atom. The van der Waals surface area contributed by atoms with E-state index in [1.165, 1.54) is 12.1 Å². The highest BCUT2D eigenvalue weighted by Crippen LogP contribution is 2.27. The Hall–Kier alpha value is -2.27. The van der Waals surface area contributed by atoms with Crippen LogP contribution in [0.4, 0.5) is 4.39 Å². The fraction of sp³-hybridized carbons (Fsp3) is 0.368. The molecule has 1 saturated heterocycles. The first-order valence-electron chi connectivity index (χ1n) is 8.27. The van der Waals surface area contributed by atoms with Gasteiger partial charge in [0.25, 0.3) is 0 Å². The molecule has 0 saturated carbocycles. The van der Waals surface area contributed by atoms with Crippen LogP contribution < -0.4 is 5.73 Å². The van der Waals surface area contributed by atoms with Crippen LogP contribution >= 0.6 is 0 Å². The van der Waals surface area contributed by atoms with E-state index < -0.39 is 0 Å². The maximum absolute atomic E-state index is 13.1. The Morgan fingerprint density at radius 3 is 2.71 bits per heavy atom. The Bertz CT molecular complexity index is 717. The van der Waals surface area contributed by atoms with Gasteiger partial charge in [-0.15, -0.1) is 0 Å². The predicted octanol–water partition coefficient (Wildman–Crippen LogP) is 3.15. The molecule has 0 spiro atoms. The minimum absolute atomic E-state index is 0.0846. The molecule has 2 atom stereocenters. The van der Waals surface area contributed by atoms with Gasteiger partial charge in [-0.2, -0.15) is 0 Å². The van der Waals surface area contributed by atoms with Crippen molar-refractivity contribution in [3.05, 3.63) is 54.1 Å². The lowest BCUT2D eigenvalue weighted by molar-refractivity contribution is -0.130. The van der Waals surface area contributed by atoms with Crippen molar-refractivity contribution in [3.63, 3.8) is 0 Å². The van der Waals surface area contributed by atoms with Crippen LogP contribution in [-0.2, 0) is 4.79 Å². The molecule has 2 unspecified atom stereocenters. The van der Waals surface area contributed by atoms with Gasteiger partial charge in [-0.05, 0) is 54.7 Å².